The van der Waals surface area contributed by atoms with E-state index in [0.717, 1.165) is 24.4 Å². The highest BCUT2D eigenvalue weighted by Gasteiger charge is 2.28. The molecule has 1 amide bonds. The highest BCUT2D eigenvalue weighted by atomic mass is 32.1. The fraction of sp³-hybridized carbons (Fsp3) is 0.357. The van der Waals surface area contributed by atoms with Crippen LogP contribution in [0.1, 0.15) is 33.1 Å². The summed E-state index contributed by atoms with van der Waals surface area (Å²) in [4.78, 5) is 15.2. The van der Waals surface area contributed by atoms with Crippen molar-refractivity contribution in [1.82, 2.24) is 4.90 Å². The van der Waals surface area contributed by atoms with Crippen LogP contribution in [0, 0.1) is 6.92 Å². The molecule has 1 aliphatic rings. The van der Waals surface area contributed by atoms with E-state index in [2.05, 4.69) is 16.8 Å². The Morgan fingerprint density at radius 3 is 3.00 bits per heavy atom. The highest BCUT2D eigenvalue weighted by molar-refractivity contribution is 7.12. The van der Waals surface area contributed by atoms with Crippen LogP contribution in [0.4, 0.5) is 0 Å². The molecule has 0 radical (unpaired) electrons. The number of carbonyl (C=O) groups excluding carboxylic acids is 1. The lowest BCUT2D eigenvalue weighted by Gasteiger charge is -2.15. The van der Waals surface area contributed by atoms with E-state index in [0.29, 0.717) is 5.92 Å². The van der Waals surface area contributed by atoms with Crippen molar-refractivity contribution >= 4 is 28.6 Å². The summed E-state index contributed by atoms with van der Waals surface area (Å²) in [5.41, 5.74) is 2.56. The molecule has 0 bridgehead atoms. The first-order chi connectivity index (χ1) is 8.74. The fourth-order valence-corrected chi connectivity index (χ4v) is 4.03. The number of hydrogen-bond donors (Lipinski definition) is 0. The van der Waals surface area contributed by atoms with Crippen molar-refractivity contribution in [1.29, 1.82) is 0 Å². The Kier molecular flexibility index (Phi) is 3.22. The number of likely N-dealkylation sites (tertiary alicyclic amines) is 1. The first-order valence-electron chi connectivity index (χ1n) is 6.10. The van der Waals surface area contributed by atoms with E-state index in [1.807, 2.05) is 23.3 Å². The predicted molar refractivity (Wildman–Crippen MR) is 76.6 cm³/mol. The largest absolute Gasteiger partial charge is 0.337 e. The Bertz CT molecular complexity index is 544. The molecule has 18 heavy (non-hydrogen) atoms. The van der Waals surface area contributed by atoms with E-state index in [9.17, 15) is 4.79 Å². The summed E-state index contributed by atoms with van der Waals surface area (Å²) in [6.07, 6.45) is 1.09. The maximum atomic E-state index is 12.3. The van der Waals surface area contributed by atoms with Gasteiger partial charge in [0.15, 0.2) is 0 Å². The maximum Gasteiger partial charge on any atom is 0.263 e. The number of rotatable bonds is 2. The van der Waals surface area contributed by atoms with Gasteiger partial charge < -0.3 is 4.90 Å². The third-order valence-corrected chi connectivity index (χ3v) is 5.17. The van der Waals surface area contributed by atoms with Gasteiger partial charge in [0.2, 0.25) is 0 Å². The molecule has 0 aromatic carbocycles. The van der Waals surface area contributed by atoms with Crippen molar-refractivity contribution in [3.8, 4) is 0 Å². The molecular formula is C14H15NOS2. The Hall–Kier alpha value is -1.13. The molecule has 1 aliphatic heterocycles. The molecule has 1 unspecified atom stereocenters. The second-order valence-electron chi connectivity index (χ2n) is 4.78. The zero-order valence-corrected chi connectivity index (χ0v) is 11.9. The average molecular weight is 277 g/mol. The minimum Gasteiger partial charge on any atom is -0.337 e. The third kappa shape index (κ3) is 2.22. The van der Waals surface area contributed by atoms with E-state index in [-0.39, 0.29) is 5.91 Å². The van der Waals surface area contributed by atoms with Gasteiger partial charge in [-0.05, 0) is 52.7 Å². The lowest BCUT2D eigenvalue weighted by atomic mass is 10.0. The first kappa shape index (κ1) is 11.9. The normalized spacial score (nSPS) is 19.4. The Labute approximate surface area is 115 Å². The van der Waals surface area contributed by atoms with Gasteiger partial charge >= 0.3 is 0 Å². The lowest BCUT2D eigenvalue weighted by Crippen LogP contribution is -2.27. The van der Waals surface area contributed by atoms with Gasteiger partial charge in [0.1, 0.15) is 0 Å². The molecule has 2 aromatic heterocycles. The standard InChI is InChI=1S/C14H15NOS2/c1-10-6-13(18-8-10)14(16)15-4-2-11(7-15)12-3-5-17-9-12/h3,5-6,8-9,11H,2,4,7H2,1H3. The van der Waals surface area contributed by atoms with Crippen LogP contribution in [0.5, 0.6) is 0 Å². The van der Waals surface area contributed by atoms with Crippen LogP contribution in [-0.4, -0.2) is 23.9 Å². The van der Waals surface area contributed by atoms with Crippen LogP contribution in [0.3, 0.4) is 0 Å². The zero-order valence-electron chi connectivity index (χ0n) is 10.3. The summed E-state index contributed by atoms with van der Waals surface area (Å²) in [5.74, 6) is 0.729. The molecule has 1 saturated heterocycles. The van der Waals surface area contributed by atoms with E-state index in [1.54, 1.807) is 22.7 Å². The van der Waals surface area contributed by atoms with Gasteiger partial charge in [-0.3, -0.25) is 4.79 Å². The van der Waals surface area contributed by atoms with E-state index in [4.69, 9.17) is 0 Å². The van der Waals surface area contributed by atoms with Crippen LogP contribution < -0.4 is 0 Å². The zero-order chi connectivity index (χ0) is 12.5. The van der Waals surface area contributed by atoms with Gasteiger partial charge in [0, 0.05) is 19.0 Å². The van der Waals surface area contributed by atoms with E-state index >= 15 is 0 Å². The number of aryl methyl sites for hydroxylation is 1. The molecule has 0 aliphatic carbocycles. The predicted octanol–water partition coefficient (Wildman–Crippen LogP) is 3.75. The van der Waals surface area contributed by atoms with Crippen LogP contribution in [0.2, 0.25) is 0 Å². The Morgan fingerprint density at radius 1 is 1.44 bits per heavy atom. The summed E-state index contributed by atoms with van der Waals surface area (Å²) >= 11 is 3.29. The summed E-state index contributed by atoms with van der Waals surface area (Å²) in [5, 5.41) is 6.36. The second kappa shape index (κ2) is 4.86. The fourth-order valence-electron chi connectivity index (χ4n) is 2.42. The smallest absolute Gasteiger partial charge is 0.263 e. The highest BCUT2D eigenvalue weighted by Crippen LogP contribution is 2.30. The van der Waals surface area contributed by atoms with E-state index < -0.39 is 0 Å². The van der Waals surface area contributed by atoms with Gasteiger partial charge in [0.25, 0.3) is 5.91 Å². The topological polar surface area (TPSA) is 20.3 Å². The molecule has 2 nitrogen and oxygen atoms in total. The number of nitrogens with zero attached hydrogens (tertiary/aromatic N) is 1. The van der Waals surface area contributed by atoms with Crippen molar-refractivity contribution < 1.29 is 4.79 Å². The molecule has 2 aromatic rings. The number of thiophene rings is 2. The van der Waals surface area contributed by atoms with Gasteiger partial charge in [-0.25, -0.2) is 0 Å². The lowest BCUT2D eigenvalue weighted by molar-refractivity contribution is 0.0795. The van der Waals surface area contributed by atoms with Gasteiger partial charge in [-0.2, -0.15) is 11.3 Å². The van der Waals surface area contributed by atoms with E-state index in [1.165, 1.54) is 11.1 Å². The van der Waals surface area contributed by atoms with Crippen LogP contribution in [0.25, 0.3) is 0 Å². The van der Waals surface area contributed by atoms with Crippen LogP contribution in [0.15, 0.2) is 28.3 Å². The van der Waals surface area contributed by atoms with Crippen molar-refractivity contribution in [3.63, 3.8) is 0 Å². The minimum absolute atomic E-state index is 0.200. The SMILES string of the molecule is Cc1csc(C(=O)N2CCC(c3ccsc3)C2)c1. The van der Waals surface area contributed by atoms with Crippen LogP contribution >= 0.6 is 22.7 Å². The maximum absolute atomic E-state index is 12.3. The number of amides is 1. The Morgan fingerprint density at radius 2 is 2.33 bits per heavy atom. The van der Waals surface area contributed by atoms with Crippen LogP contribution in [-0.2, 0) is 0 Å². The van der Waals surface area contributed by atoms with Gasteiger partial charge in [-0.15, -0.1) is 11.3 Å². The molecular weight excluding hydrogens is 262 g/mol. The molecule has 1 fully saturated rings. The molecule has 0 N–H and O–H groups in total. The van der Waals surface area contributed by atoms with Crippen molar-refractivity contribution in [3.05, 3.63) is 44.3 Å². The summed E-state index contributed by atoms with van der Waals surface area (Å²) in [7, 11) is 0. The molecule has 0 spiro atoms. The van der Waals surface area contributed by atoms with Crippen molar-refractivity contribution in [2.24, 2.45) is 0 Å². The molecule has 3 heterocycles. The van der Waals surface area contributed by atoms with Gasteiger partial charge in [-0.1, -0.05) is 0 Å². The van der Waals surface area contributed by atoms with Crippen molar-refractivity contribution in [2.75, 3.05) is 13.1 Å². The quantitative estimate of drug-likeness (QED) is 0.818. The van der Waals surface area contributed by atoms with Gasteiger partial charge in [0.05, 0.1) is 4.88 Å². The summed E-state index contributed by atoms with van der Waals surface area (Å²) < 4.78 is 0. The van der Waals surface area contributed by atoms with Crippen molar-refractivity contribution in [2.45, 2.75) is 19.3 Å². The summed E-state index contributed by atoms with van der Waals surface area (Å²) in [6, 6.07) is 4.17. The summed E-state index contributed by atoms with van der Waals surface area (Å²) in [6.45, 7) is 3.79. The first-order valence-corrected chi connectivity index (χ1v) is 7.93. The number of carbonyl (C=O) groups is 1. The molecule has 4 heteroatoms. The second-order valence-corrected chi connectivity index (χ2v) is 6.47. The monoisotopic (exact) mass is 277 g/mol. The third-order valence-electron chi connectivity index (χ3n) is 3.43. The molecule has 0 saturated carbocycles. The molecule has 3 rings (SSSR count). The Balaban J connectivity index is 1.70. The molecule has 1 atom stereocenters. The average Bonchev–Trinajstić information content (AvgIpc) is 3.09. The number of hydrogen-bond acceptors (Lipinski definition) is 3. The minimum atomic E-state index is 0.200. The molecule has 94 valence electrons.